The van der Waals surface area contributed by atoms with Crippen LogP contribution in [-0.2, 0) is 4.79 Å². The summed E-state index contributed by atoms with van der Waals surface area (Å²) in [4.78, 5) is 12.5. The van der Waals surface area contributed by atoms with Crippen molar-refractivity contribution in [2.24, 2.45) is 5.41 Å². The molecule has 0 saturated carbocycles. The summed E-state index contributed by atoms with van der Waals surface area (Å²) >= 11 is 0. The fourth-order valence-electron chi connectivity index (χ4n) is 1.37. The molecule has 0 aliphatic heterocycles. The molecule has 0 heterocycles. The molecule has 0 bridgehead atoms. The van der Waals surface area contributed by atoms with Gasteiger partial charge in [-0.3, -0.25) is 9.69 Å². The highest BCUT2D eigenvalue weighted by Gasteiger charge is 2.32. The highest BCUT2D eigenvalue weighted by atomic mass is 35.5. The summed E-state index contributed by atoms with van der Waals surface area (Å²) < 4.78 is 0. The fourth-order valence-corrected chi connectivity index (χ4v) is 1.37. The molecule has 1 atom stereocenters. The molecule has 1 N–H and O–H groups in total. The van der Waals surface area contributed by atoms with Gasteiger partial charge in [0.05, 0.1) is 0 Å². The summed E-state index contributed by atoms with van der Waals surface area (Å²) in [6.45, 7) is 5.77. The quantitative estimate of drug-likeness (QED) is 0.726. The van der Waals surface area contributed by atoms with Crippen LogP contribution < -0.4 is 0 Å². The first-order valence-electron chi connectivity index (χ1n) is 3.66. The van der Waals surface area contributed by atoms with Crippen LogP contribution in [-0.4, -0.2) is 36.1 Å². The van der Waals surface area contributed by atoms with E-state index in [1.807, 2.05) is 20.8 Å². The van der Waals surface area contributed by atoms with E-state index in [1.165, 1.54) is 0 Å². The number of aliphatic carboxylic acids is 1. The largest absolute Gasteiger partial charge is 0.480 e. The van der Waals surface area contributed by atoms with Gasteiger partial charge in [-0.15, -0.1) is 12.4 Å². The molecule has 4 heteroatoms. The predicted octanol–water partition coefficient (Wildman–Crippen LogP) is 1.47. The lowest BCUT2D eigenvalue weighted by Gasteiger charge is -2.32. The zero-order valence-corrected chi connectivity index (χ0v) is 9.10. The van der Waals surface area contributed by atoms with Gasteiger partial charge >= 0.3 is 5.97 Å². The van der Waals surface area contributed by atoms with E-state index < -0.39 is 12.0 Å². The van der Waals surface area contributed by atoms with Crippen LogP contribution in [0.2, 0.25) is 0 Å². The Balaban J connectivity index is 0. The van der Waals surface area contributed by atoms with Crippen molar-refractivity contribution in [2.75, 3.05) is 14.1 Å². The second-order valence-corrected chi connectivity index (χ2v) is 4.07. The van der Waals surface area contributed by atoms with Crippen molar-refractivity contribution in [2.45, 2.75) is 26.8 Å². The zero-order valence-electron chi connectivity index (χ0n) is 8.29. The molecule has 0 aliphatic carbocycles. The van der Waals surface area contributed by atoms with Crippen LogP contribution in [0.15, 0.2) is 0 Å². The third kappa shape index (κ3) is 3.93. The lowest BCUT2D eigenvalue weighted by atomic mass is 9.86. The Bertz CT molecular complexity index is 152. The Hall–Kier alpha value is -0.280. The first kappa shape index (κ1) is 14.3. The van der Waals surface area contributed by atoms with Gasteiger partial charge in [-0.25, -0.2) is 0 Å². The van der Waals surface area contributed by atoms with Crippen LogP contribution in [0.3, 0.4) is 0 Å². The molecular formula is C8H18ClNO2. The second-order valence-electron chi connectivity index (χ2n) is 4.07. The molecular weight excluding hydrogens is 178 g/mol. The standard InChI is InChI=1S/C8H17NO2.ClH/c1-8(2,3)6(7(10)11)9(4)5;/h6H,1-5H3,(H,10,11);1H/t6-;/m0./s1. The third-order valence-corrected chi connectivity index (χ3v) is 1.57. The molecule has 74 valence electrons. The molecule has 0 aliphatic rings. The first-order chi connectivity index (χ1) is 4.76. The van der Waals surface area contributed by atoms with Gasteiger partial charge in [0.25, 0.3) is 0 Å². The highest BCUT2D eigenvalue weighted by Crippen LogP contribution is 2.22. The van der Waals surface area contributed by atoms with Crippen molar-refractivity contribution < 1.29 is 9.90 Å². The van der Waals surface area contributed by atoms with Gasteiger partial charge in [-0.05, 0) is 19.5 Å². The van der Waals surface area contributed by atoms with Gasteiger partial charge in [-0.1, -0.05) is 20.8 Å². The minimum atomic E-state index is -0.762. The third-order valence-electron chi connectivity index (χ3n) is 1.57. The number of nitrogens with zero attached hydrogens (tertiary/aromatic N) is 1. The van der Waals surface area contributed by atoms with Crippen LogP contribution in [0, 0.1) is 5.41 Å². The number of rotatable bonds is 2. The molecule has 0 spiro atoms. The zero-order chi connectivity index (χ0) is 9.23. The maximum Gasteiger partial charge on any atom is 0.321 e. The Labute approximate surface area is 80.2 Å². The lowest BCUT2D eigenvalue weighted by Crippen LogP contribution is -2.45. The average molecular weight is 196 g/mol. The topological polar surface area (TPSA) is 40.5 Å². The van der Waals surface area contributed by atoms with Gasteiger partial charge in [0.2, 0.25) is 0 Å². The Morgan fingerprint density at radius 2 is 1.67 bits per heavy atom. The fraction of sp³-hybridized carbons (Fsp3) is 0.875. The maximum absolute atomic E-state index is 10.7. The number of hydrogen-bond donors (Lipinski definition) is 1. The molecule has 0 saturated heterocycles. The molecule has 0 aromatic rings. The molecule has 0 rings (SSSR count). The van der Waals surface area contributed by atoms with Crippen LogP contribution in [0.4, 0.5) is 0 Å². The summed E-state index contributed by atoms with van der Waals surface area (Å²) in [5, 5.41) is 8.84. The lowest BCUT2D eigenvalue weighted by molar-refractivity contribution is -0.146. The Kier molecular flexibility index (Phi) is 5.55. The number of carbonyl (C=O) groups is 1. The van der Waals surface area contributed by atoms with Crippen molar-refractivity contribution in [3.8, 4) is 0 Å². The van der Waals surface area contributed by atoms with Gasteiger partial charge in [0, 0.05) is 0 Å². The number of likely N-dealkylation sites (N-methyl/N-ethyl adjacent to an activating group) is 1. The Morgan fingerprint density at radius 1 is 1.33 bits per heavy atom. The number of carboxylic acid groups (broad SMARTS) is 1. The van der Waals surface area contributed by atoms with Crippen molar-refractivity contribution in [3.05, 3.63) is 0 Å². The SMILES string of the molecule is CN(C)[C@@H](C(=O)O)C(C)(C)C.Cl. The van der Waals surface area contributed by atoms with E-state index in [9.17, 15) is 4.79 Å². The number of hydrogen-bond acceptors (Lipinski definition) is 2. The predicted molar refractivity (Wildman–Crippen MR) is 51.8 cm³/mol. The molecule has 0 aromatic carbocycles. The minimum absolute atomic E-state index is 0. The molecule has 0 unspecified atom stereocenters. The molecule has 12 heavy (non-hydrogen) atoms. The van der Waals surface area contributed by atoms with E-state index in [4.69, 9.17) is 5.11 Å². The van der Waals surface area contributed by atoms with Crippen LogP contribution in [0.5, 0.6) is 0 Å². The first-order valence-corrected chi connectivity index (χ1v) is 3.66. The van der Waals surface area contributed by atoms with Gasteiger partial charge in [0.15, 0.2) is 0 Å². The highest BCUT2D eigenvalue weighted by molar-refractivity contribution is 5.85. The molecule has 0 aromatic heterocycles. The van der Waals surface area contributed by atoms with E-state index in [-0.39, 0.29) is 17.8 Å². The normalized spacial score (nSPS) is 13.8. The summed E-state index contributed by atoms with van der Waals surface area (Å²) in [6.07, 6.45) is 0. The van der Waals surface area contributed by atoms with E-state index in [2.05, 4.69) is 0 Å². The monoisotopic (exact) mass is 195 g/mol. The Morgan fingerprint density at radius 3 is 1.67 bits per heavy atom. The van der Waals surface area contributed by atoms with Crippen molar-refractivity contribution >= 4 is 18.4 Å². The van der Waals surface area contributed by atoms with Crippen molar-refractivity contribution in [3.63, 3.8) is 0 Å². The summed E-state index contributed by atoms with van der Waals surface area (Å²) in [5.74, 6) is -0.762. The maximum atomic E-state index is 10.7. The summed E-state index contributed by atoms with van der Waals surface area (Å²) in [5.41, 5.74) is -0.213. The number of carboxylic acids is 1. The van der Waals surface area contributed by atoms with Crippen LogP contribution >= 0.6 is 12.4 Å². The molecule has 0 radical (unpaired) electrons. The second kappa shape index (κ2) is 4.67. The van der Waals surface area contributed by atoms with E-state index in [0.717, 1.165) is 0 Å². The van der Waals surface area contributed by atoms with Gasteiger partial charge in [0.1, 0.15) is 6.04 Å². The average Bonchev–Trinajstić information content (AvgIpc) is 1.54. The summed E-state index contributed by atoms with van der Waals surface area (Å²) in [7, 11) is 3.56. The van der Waals surface area contributed by atoms with Gasteiger partial charge in [-0.2, -0.15) is 0 Å². The van der Waals surface area contributed by atoms with Crippen molar-refractivity contribution in [1.29, 1.82) is 0 Å². The molecule has 0 amide bonds. The number of halogens is 1. The van der Waals surface area contributed by atoms with Crippen LogP contribution in [0.25, 0.3) is 0 Å². The summed E-state index contributed by atoms with van der Waals surface area (Å²) in [6, 6.07) is -0.414. The van der Waals surface area contributed by atoms with E-state index in [1.54, 1.807) is 19.0 Å². The van der Waals surface area contributed by atoms with E-state index in [0.29, 0.717) is 0 Å². The van der Waals surface area contributed by atoms with Gasteiger partial charge < -0.3 is 5.11 Å². The van der Waals surface area contributed by atoms with Crippen LogP contribution in [0.1, 0.15) is 20.8 Å². The molecule has 3 nitrogen and oxygen atoms in total. The van der Waals surface area contributed by atoms with Crippen molar-refractivity contribution in [1.82, 2.24) is 4.90 Å². The van der Waals surface area contributed by atoms with E-state index >= 15 is 0 Å². The minimum Gasteiger partial charge on any atom is -0.480 e. The molecule has 0 fully saturated rings. The smallest absolute Gasteiger partial charge is 0.321 e.